The molecule has 1 aromatic carbocycles. The second kappa shape index (κ2) is 15.5. The Morgan fingerprint density at radius 2 is 1.91 bits per heavy atom. The number of pyridine rings is 1. The number of rotatable bonds is 13. The number of aliphatic hydroxyl groups is 1. The molecule has 6 heteroatoms. The Hall–Kier alpha value is -3.30. The number of allylic oxidation sites excluding steroid dienone is 1. The highest BCUT2D eigenvalue weighted by atomic mass is 16.5. The van der Waals surface area contributed by atoms with Gasteiger partial charge in [-0.25, -0.2) is 4.98 Å². The fraction of sp³-hybridized carbons (Fsp3) is 0.407. The van der Waals surface area contributed by atoms with Crippen LogP contribution in [0.5, 0.6) is 11.5 Å². The van der Waals surface area contributed by atoms with E-state index in [1.165, 1.54) is 7.11 Å². The summed E-state index contributed by atoms with van der Waals surface area (Å²) in [6, 6.07) is 11.6. The molecule has 0 unspecified atom stereocenters. The van der Waals surface area contributed by atoms with Crippen LogP contribution in [-0.4, -0.2) is 43.5 Å². The minimum atomic E-state index is -0.286. The zero-order chi connectivity index (χ0) is 23.7. The molecular formula is C27H33NO5. The molecule has 176 valence electrons. The molecule has 0 saturated heterocycles. The molecule has 33 heavy (non-hydrogen) atoms. The molecule has 2 aromatic rings. The monoisotopic (exact) mass is 451 g/mol. The second-order valence-corrected chi connectivity index (χ2v) is 7.37. The third-order valence-corrected chi connectivity index (χ3v) is 4.85. The van der Waals surface area contributed by atoms with Gasteiger partial charge in [0.15, 0.2) is 0 Å². The number of carbonyl (C=O) groups excluding carboxylic acids is 1. The van der Waals surface area contributed by atoms with Crippen LogP contribution in [0.25, 0.3) is 6.08 Å². The predicted octanol–water partition coefficient (Wildman–Crippen LogP) is 4.58. The van der Waals surface area contributed by atoms with Crippen molar-refractivity contribution in [3.05, 3.63) is 59.4 Å². The van der Waals surface area contributed by atoms with Crippen LogP contribution >= 0.6 is 0 Å². The van der Waals surface area contributed by atoms with Gasteiger partial charge in [0.1, 0.15) is 17.2 Å². The highest BCUT2D eigenvalue weighted by Gasteiger charge is 2.10. The maximum Gasteiger partial charge on any atom is 0.305 e. The van der Waals surface area contributed by atoms with E-state index >= 15 is 0 Å². The minimum absolute atomic E-state index is 0.122. The molecule has 1 heterocycles. The number of aromatic nitrogens is 1. The topological polar surface area (TPSA) is 77.9 Å². The predicted molar refractivity (Wildman–Crippen MR) is 129 cm³/mol. The van der Waals surface area contributed by atoms with Gasteiger partial charge in [0, 0.05) is 19.4 Å². The van der Waals surface area contributed by atoms with Crippen molar-refractivity contribution in [2.45, 2.75) is 44.9 Å². The van der Waals surface area contributed by atoms with E-state index in [2.05, 4.69) is 29.0 Å². The van der Waals surface area contributed by atoms with Crippen LogP contribution in [0.1, 0.15) is 55.5 Å². The molecule has 1 aromatic heterocycles. The molecule has 0 radical (unpaired) electrons. The van der Waals surface area contributed by atoms with E-state index in [1.54, 1.807) is 7.11 Å². The summed E-state index contributed by atoms with van der Waals surface area (Å²) in [7, 11) is 3.04. The summed E-state index contributed by atoms with van der Waals surface area (Å²) in [6.07, 6.45) is 9.06. The lowest BCUT2D eigenvalue weighted by Crippen LogP contribution is -2.07. The number of methoxy groups -OCH3 is 2. The van der Waals surface area contributed by atoms with E-state index < -0.39 is 0 Å². The van der Waals surface area contributed by atoms with Crippen LogP contribution in [0.2, 0.25) is 0 Å². The number of nitrogens with zero attached hydrogens (tertiary/aromatic N) is 1. The number of unbranched alkanes of at least 4 members (excludes halogenated alkanes) is 3. The van der Waals surface area contributed by atoms with Gasteiger partial charge in [-0.05, 0) is 61.4 Å². The fourth-order valence-corrected chi connectivity index (χ4v) is 2.99. The summed E-state index contributed by atoms with van der Waals surface area (Å²) in [5, 5.41) is 8.86. The molecule has 0 saturated carbocycles. The van der Waals surface area contributed by atoms with Crippen molar-refractivity contribution in [3.63, 3.8) is 0 Å². The van der Waals surface area contributed by atoms with E-state index in [9.17, 15) is 4.79 Å². The smallest absolute Gasteiger partial charge is 0.305 e. The van der Waals surface area contributed by atoms with E-state index in [4.69, 9.17) is 19.3 Å². The standard InChI is InChI=1S/C27H33NO5/c1-31-24-15-12-22(13-16-24)10-6-3-4-9-21-33-26-18-14-23(11-7-5-8-20-29)28-25(26)17-19-27(30)32-2/h6,10,12-16,18,29H,3-5,8-9,17,19-21H2,1-2H3/b10-6+. The van der Waals surface area contributed by atoms with Crippen LogP contribution < -0.4 is 9.47 Å². The maximum absolute atomic E-state index is 11.6. The lowest BCUT2D eigenvalue weighted by molar-refractivity contribution is -0.140. The summed E-state index contributed by atoms with van der Waals surface area (Å²) in [6.45, 7) is 0.696. The third kappa shape index (κ3) is 10.2. The zero-order valence-electron chi connectivity index (χ0n) is 19.5. The highest BCUT2D eigenvalue weighted by Crippen LogP contribution is 2.20. The quantitative estimate of drug-likeness (QED) is 0.273. The Kier molecular flexibility index (Phi) is 12.2. The molecule has 0 amide bonds. The summed E-state index contributed by atoms with van der Waals surface area (Å²) < 4.78 is 15.9. The number of hydrogen-bond acceptors (Lipinski definition) is 6. The first-order valence-corrected chi connectivity index (χ1v) is 11.3. The lowest BCUT2D eigenvalue weighted by Gasteiger charge is -2.11. The molecule has 0 aliphatic carbocycles. The van der Waals surface area contributed by atoms with Gasteiger partial charge in [-0.1, -0.05) is 30.2 Å². The molecule has 0 fully saturated rings. The fourth-order valence-electron chi connectivity index (χ4n) is 2.99. The molecule has 0 spiro atoms. The Balaban J connectivity index is 1.84. The molecule has 0 atom stereocenters. The van der Waals surface area contributed by atoms with Gasteiger partial charge in [0.25, 0.3) is 0 Å². The Bertz CT molecular complexity index is 941. The Morgan fingerprint density at radius 1 is 1.09 bits per heavy atom. The number of esters is 1. The zero-order valence-corrected chi connectivity index (χ0v) is 19.5. The van der Waals surface area contributed by atoms with Crippen LogP contribution in [-0.2, 0) is 16.0 Å². The molecule has 1 N–H and O–H groups in total. The number of ether oxygens (including phenoxy) is 3. The first-order chi connectivity index (χ1) is 16.2. The average molecular weight is 452 g/mol. The maximum atomic E-state index is 11.6. The Morgan fingerprint density at radius 3 is 2.64 bits per heavy atom. The number of benzene rings is 1. The van der Waals surface area contributed by atoms with Gasteiger partial charge in [-0.15, -0.1) is 0 Å². The van der Waals surface area contributed by atoms with E-state index in [0.29, 0.717) is 43.0 Å². The van der Waals surface area contributed by atoms with Crippen molar-refractivity contribution in [3.8, 4) is 23.3 Å². The van der Waals surface area contributed by atoms with Crippen molar-refractivity contribution in [2.75, 3.05) is 27.4 Å². The van der Waals surface area contributed by atoms with Crippen LogP contribution in [0.4, 0.5) is 0 Å². The van der Waals surface area contributed by atoms with Crippen molar-refractivity contribution in [1.29, 1.82) is 0 Å². The van der Waals surface area contributed by atoms with Crippen molar-refractivity contribution < 1.29 is 24.1 Å². The largest absolute Gasteiger partial charge is 0.497 e. The Labute approximate surface area is 196 Å². The average Bonchev–Trinajstić information content (AvgIpc) is 2.85. The minimum Gasteiger partial charge on any atom is -0.497 e. The van der Waals surface area contributed by atoms with Gasteiger partial charge in [-0.3, -0.25) is 4.79 Å². The molecule has 2 rings (SSSR count). The summed E-state index contributed by atoms with van der Waals surface area (Å²) in [4.78, 5) is 16.1. The van der Waals surface area contributed by atoms with E-state index in [1.807, 2.05) is 36.4 Å². The number of carbonyl (C=O) groups is 1. The van der Waals surface area contributed by atoms with Gasteiger partial charge in [0.05, 0.1) is 32.9 Å². The van der Waals surface area contributed by atoms with Gasteiger partial charge >= 0.3 is 5.97 Å². The number of hydrogen-bond donors (Lipinski definition) is 1. The van der Waals surface area contributed by atoms with Gasteiger partial charge in [0.2, 0.25) is 0 Å². The number of aryl methyl sites for hydroxylation is 1. The van der Waals surface area contributed by atoms with Crippen LogP contribution in [0, 0.1) is 11.8 Å². The molecule has 0 bridgehead atoms. The first-order valence-electron chi connectivity index (χ1n) is 11.3. The molecular weight excluding hydrogens is 418 g/mol. The highest BCUT2D eigenvalue weighted by molar-refractivity contribution is 5.69. The van der Waals surface area contributed by atoms with Crippen LogP contribution in [0.15, 0.2) is 42.5 Å². The van der Waals surface area contributed by atoms with Crippen molar-refractivity contribution in [2.24, 2.45) is 0 Å². The normalized spacial score (nSPS) is 10.5. The lowest BCUT2D eigenvalue weighted by atomic mass is 10.1. The molecule has 0 aliphatic heterocycles. The summed E-state index contributed by atoms with van der Waals surface area (Å²) in [5.41, 5.74) is 2.48. The van der Waals surface area contributed by atoms with Crippen molar-refractivity contribution >= 4 is 12.0 Å². The molecule has 6 nitrogen and oxygen atoms in total. The van der Waals surface area contributed by atoms with Crippen LogP contribution in [0.3, 0.4) is 0 Å². The van der Waals surface area contributed by atoms with Crippen molar-refractivity contribution in [1.82, 2.24) is 4.98 Å². The molecule has 0 aliphatic rings. The first kappa shape index (κ1) is 26.0. The third-order valence-electron chi connectivity index (χ3n) is 4.85. The van der Waals surface area contributed by atoms with E-state index in [0.717, 1.165) is 30.6 Å². The number of aliphatic hydroxyl groups excluding tert-OH is 1. The van der Waals surface area contributed by atoms with E-state index in [-0.39, 0.29) is 19.0 Å². The second-order valence-electron chi connectivity index (χ2n) is 7.37. The summed E-state index contributed by atoms with van der Waals surface area (Å²) >= 11 is 0. The van der Waals surface area contributed by atoms with Gasteiger partial charge < -0.3 is 19.3 Å². The SMILES string of the molecule is COC(=O)CCc1nc(C#CCCCO)ccc1OCCCC/C=C/c1ccc(OC)cc1. The van der Waals surface area contributed by atoms with Gasteiger partial charge in [-0.2, -0.15) is 0 Å². The summed E-state index contributed by atoms with van der Waals surface area (Å²) in [5.74, 6) is 7.24.